The topological polar surface area (TPSA) is 36.9 Å². The summed E-state index contributed by atoms with van der Waals surface area (Å²) >= 11 is 6.45. The second-order valence-corrected chi connectivity index (χ2v) is 9.11. The lowest BCUT2D eigenvalue weighted by atomic mass is 9.80. The quantitative estimate of drug-likeness (QED) is 0.368. The number of benzene rings is 3. The number of halogens is 1. The lowest BCUT2D eigenvalue weighted by Gasteiger charge is -2.37. The Labute approximate surface area is 194 Å². The van der Waals surface area contributed by atoms with Crippen LogP contribution in [-0.4, -0.2) is 36.3 Å². The molecule has 5 rings (SSSR count). The van der Waals surface area contributed by atoms with Gasteiger partial charge in [-0.05, 0) is 30.5 Å². The third-order valence-electron chi connectivity index (χ3n) is 6.10. The Balaban J connectivity index is 1.55. The van der Waals surface area contributed by atoms with E-state index >= 15 is 0 Å². The van der Waals surface area contributed by atoms with Gasteiger partial charge in [0.1, 0.15) is 23.9 Å². The van der Waals surface area contributed by atoms with E-state index in [9.17, 15) is 0 Å². The highest BCUT2D eigenvalue weighted by atomic mass is 35.5. The van der Waals surface area contributed by atoms with Gasteiger partial charge in [0.15, 0.2) is 11.4 Å². The van der Waals surface area contributed by atoms with Gasteiger partial charge >= 0.3 is 0 Å². The molecule has 2 fully saturated rings. The Hall–Kier alpha value is -2.21. The van der Waals surface area contributed by atoms with Gasteiger partial charge in [0.05, 0.1) is 6.61 Å². The molecule has 0 spiro atoms. The molecule has 0 N–H and O–H groups in total. The van der Waals surface area contributed by atoms with Gasteiger partial charge < -0.3 is 18.9 Å². The molecule has 4 atom stereocenters. The van der Waals surface area contributed by atoms with E-state index < -0.39 is 17.0 Å². The van der Waals surface area contributed by atoms with Gasteiger partial charge in [0.2, 0.25) is 0 Å². The Morgan fingerprint density at radius 2 is 1.19 bits per heavy atom. The molecule has 0 radical (unpaired) electrons. The normalized spacial score (nSPS) is 26.7. The zero-order chi connectivity index (χ0) is 22.2. The SMILES string of the molecule is CC1(C)OC2C(O1)[C@@H](COC(c1ccccc1)(c1ccccc1)c1ccccc1)O[C@H]2Cl. The van der Waals surface area contributed by atoms with Crippen LogP contribution in [0.15, 0.2) is 91.0 Å². The van der Waals surface area contributed by atoms with Crippen LogP contribution in [0.1, 0.15) is 30.5 Å². The average molecular weight is 451 g/mol. The highest BCUT2D eigenvalue weighted by Gasteiger charge is 2.55. The minimum Gasteiger partial charge on any atom is -0.358 e. The maximum absolute atomic E-state index is 6.88. The fraction of sp³-hybridized carbons (Fsp3) is 0.333. The first-order chi connectivity index (χ1) is 15.5. The van der Waals surface area contributed by atoms with E-state index in [-0.39, 0.29) is 18.3 Å². The van der Waals surface area contributed by atoms with Crippen molar-refractivity contribution < 1.29 is 18.9 Å². The van der Waals surface area contributed by atoms with Gasteiger partial charge in [-0.15, -0.1) is 0 Å². The number of hydrogen-bond donors (Lipinski definition) is 0. The molecule has 0 bridgehead atoms. The highest BCUT2D eigenvalue weighted by Crippen LogP contribution is 2.44. The molecule has 0 aliphatic carbocycles. The van der Waals surface area contributed by atoms with E-state index in [0.717, 1.165) is 16.7 Å². The van der Waals surface area contributed by atoms with Gasteiger partial charge in [0.25, 0.3) is 0 Å². The molecular weight excluding hydrogens is 424 g/mol. The lowest BCUT2D eigenvalue weighted by Crippen LogP contribution is -2.39. The number of hydrogen-bond acceptors (Lipinski definition) is 4. The molecule has 4 nitrogen and oxygen atoms in total. The average Bonchev–Trinajstić information content (AvgIpc) is 3.29. The summed E-state index contributed by atoms with van der Waals surface area (Å²) in [6, 6.07) is 30.8. The van der Waals surface area contributed by atoms with Crippen LogP contribution in [0.2, 0.25) is 0 Å². The van der Waals surface area contributed by atoms with Crippen LogP contribution in [0.3, 0.4) is 0 Å². The van der Waals surface area contributed by atoms with Crippen LogP contribution >= 0.6 is 11.6 Å². The van der Waals surface area contributed by atoms with Crippen LogP contribution in [0.4, 0.5) is 0 Å². The van der Waals surface area contributed by atoms with Crippen molar-refractivity contribution in [1.82, 2.24) is 0 Å². The highest BCUT2D eigenvalue weighted by molar-refractivity contribution is 6.20. The Bertz CT molecular complexity index is 929. The molecule has 3 aromatic rings. The number of ether oxygens (including phenoxy) is 4. The summed E-state index contributed by atoms with van der Waals surface area (Å²) < 4.78 is 25.0. The van der Waals surface area contributed by atoms with Crippen LogP contribution in [0.25, 0.3) is 0 Å². The molecule has 0 aromatic heterocycles. The number of alkyl halides is 1. The van der Waals surface area contributed by atoms with Crippen molar-refractivity contribution in [2.24, 2.45) is 0 Å². The minimum atomic E-state index is -0.817. The Morgan fingerprint density at radius 3 is 1.66 bits per heavy atom. The molecule has 2 unspecified atom stereocenters. The summed E-state index contributed by atoms with van der Waals surface area (Å²) in [5.41, 5.74) is 1.73. The molecule has 2 saturated heterocycles. The van der Waals surface area contributed by atoms with Gasteiger partial charge in [-0.2, -0.15) is 0 Å². The summed E-state index contributed by atoms with van der Waals surface area (Å²) in [4.78, 5) is 0. The molecule has 166 valence electrons. The van der Waals surface area contributed by atoms with Crippen LogP contribution in [0.5, 0.6) is 0 Å². The van der Waals surface area contributed by atoms with E-state index in [2.05, 4.69) is 36.4 Å². The molecule has 2 aliphatic heterocycles. The van der Waals surface area contributed by atoms with Crippen molar-refractivity contribution in [3.8, 4) is 0 Å². The van der Waals surface area contributed by atoms with Crippen molar-refractivity contribution in [1.29, 1.82) is 0 Å². The summed E-state index contributed by atoms with van der Waals surface area (Å²) in [7, 11) is 0. The first-order valence-electron chi connectivity index (χ1n) is 11.0. The molecule has 3 aromatic carbocycles. The van der Waals surface area contributed by atoms with Gasteiger partial charge in [-0.3, -0.25) is 0 Å². The summed E-state index contributed by atoms with van der Waals surface area (Å²) in [5.74, 6) is -0.695. The first-order valence-corrected chi connectivity index (χ1v) is 11.4. The monoisotopic (exact) mass is 450 g/mol. The third kappa shape index (κ3) is 3.87. The van der Waals surface area contributed by atoms with E-state index in [0.29, 0.717) is 6.61 Å². The third-order valence-corrected chi connectivity index (χ3v) is 6.45. The predicted molar refractivity (Wildman–Crippen MR) is 123 cm³/mol. The summed E-state index contributed by atoms with van der Waals surface area (Å²) in [6.07, 6.45) is -0.952. The van der Waals surface area contributed by atoms with Crippen LogP contribution in [-0.2, 0) is 24.5 Å². The fourth-order valence-electron chi connectivity index (χ4n) is 4.74. The number of fused-ring (bicyclic) bond motifs is 1. The molecular formula is C27H27ClO4. The molecule has 0 amide bonds. The summed E-state index contributed by atoms with van der Waals surface area (Å²) in [5, 5.41) is 0. The van der Waals surface area contributed by atoms with E-state index in [1.54, 1.807) is 0 Å². The lowest BCUT2D eigenvalue weighted by molar-refractivity contribution is -0.187. The molecule has 2 heterocycles. The zero-order valence-electron chi connectivity index (χ0n) is 18.2. The fourth-order valence-corrected chi connectivity index (χ4v) is 5.07. The summed E-state index contributed by atoms with van der Waals surface area (Å²) in [6.45, 7) is 4.09. The van der Waals surface area contributed by atoms with Gasteiger partial charge in [-0.1, -0.05) is 103 Å². The smallest absolute Gasteiger partial charge is 0.164 e. The van der Waals surface area contributed by atoms with E-state index in [4.69, 9.17) is 30.5 Å². The van der Waals surface area contributed by atoms with Crippen molar-refractivity contribution in [3.63, 3.8) is 0 Å². The van der Waals surface area contributed by atoms with Crippen LogP contribution < -0.4 is 0 Å². The van der Waals surface area contributed by atoms with Gasteiger partial charge in [0, 0.05) is 0 Å². The standard InChI is InChI=1S/C27H27ClO4/c1-26(2)31-23-22(30-25(28)24(23)32-26)18-29-27(19-12-6-3-7-13-19,20-14-8-4-9-15-20)21-16-10-5-11-17-21/h3-17,22-25H,18H2,1-2H3/t22-,23?,24?,25-/m1/s1. The minimum absolute atomic E-state index is 0.285. The maximum atomic E-state index is 6.88. The van der Waals surface area contributed by atoms with Crippen LogP contribution in [0, 0.1) is 0 Å². The second kappa shape index (κ2) is 8.62. The number of rotatable bonds is 6. The molecule has 5 heteroatoms. The van der Waals surface area contributed by atoms with Crippen molar-refractivity contribution in [3.05, 3.63) is 108 Å². The van der Waals surface area contributed by atoms with Crippen molar-refractivity contribution in [2.45, 2.75) is 49.1 Å². The molecule has 2 aliphatic rings. The van der Waals surface area contributed by atoms with Crippen molar-refractivity contribution >= 4 is 11.6 Å². The predicted octanol–water partition coefficient (Wildman–Crippen LogP) is 5.48. The Kier molecular flexibility index (Phi) is 5.82. The van der Waals surface area contributed by atoms with E-state index in [1.807, 2.05) is 68.4 Å². The van der Waals surface area contributed by atoms with E-state index in [1.165, 1.54) is 0 Å². The molecule has 0 saturated carbocycles. The largest absolute Gasteiger partial charge is 0.358 e. The first kappa shape index (κ1) is 21.6. The zero-order valence-corrected chi connectivity index (χ0v) is 18.9. The maximum Gasteiger partial charge on any atom is 0.164 e. The second-order valence-electron chi connectivity index (χ2n) is 8.68. The molecule has 32 heavy (non-hydrogen) atoms. The Morgan fingerprint density at radius 1 is 0.750 bits per heavy atom. The van der Waals surface area contributed by atoms with Gasteiger partial charge in [-0.25, -0.2) is 0 Å². The van der Waals surface area contributed by atoms with Crippen molar-refractivity contribution in [2.75, 3.05) is 6.61 Å².